The molecule has 1 aliphatic heterocycles. The van der Waals surface area contributed by atoms with Gasteiger partial charge in [-0.1, -0.05) is 83.5 Å². The Labute approximate surface area is 243 Å². The van der Waals surface area contributed by atoms with Gasteiger partial charge in [0.2, 0.25) is 0 Å². The minimum Gasteiger partial charge on any atom is -0.368 e. The largest absolute Gasteiger partial charge is 0.368 e. The predicted molar refractivity (Wildman–Crippen MR) is 161 cm³/mol. The summed E-state index contributed by atoms with van der Waals surface area (Å²) in [6.45, 7) is 5.35. The quantitative estimate of drug-likeness (QED) is 0.140. The number of aromatic nitrogens is 2. The molecule has 39 heavy (non-hydrogen) atoms. The fraction of sp³-hybridized carbons (Fsp3) is 0.233. The van der Waals surface area contributed by atoms with Crippen molar-refractivity contribution in [2.75, 3.05) is 36.0 Å². The molecular weight excluding hydrogens is 549 g/mol. The first-order chi connectivity index (χ1) is 18.9. The van der Waals surface area contributed by atoms with Crippen molar-refractivity contribution in [2.45, 2.75) is 23.9 Å². The molecule has 1 unspecified atom stereocenters. The Morgan fingerprint density at radius 3 is 2.41 bits per heavy atom. The lowest BCUT2D eigenvalue weighted by molar-refractivity contribution is 0.0940. The maximum Gasteiger partial charge on any atom is 0.251 e. The number of nitrogens with one attached hydrogen (secondary N) is 1. The second-order valence-corrected chi connectivity index (χ2v) is 11.1. The van der Waals surface area contributed by atoms with Gasteiger partial charge in [0.1, 0.15) is 11.0 Å². The highest BCUT2D eigenvalue weighted by Gasteiger charge is 2.20. The zero-order valence-electron chi connectivity index (χ0n) is 21.6. The Balaban J connectivity index is 1.19. The molecule has 1 N–H and O–H groups in total. The van der Waals surface area contributed by atoms with Gasteiger partial charge in [-0.3, -0.25) is 4.79 Å². The number of rotatable bonds is 8. The average molecular weight is 579 g/mol. The number of thioether (sulfide) groups is 1. The number of benzene rings is 3. The van der Waals surface area contributed by atoms with Crippen LogP contribution >= 0.6 is 35.0 Å². The van der Waals surface area contributed by atoms with Gasteiger partial charge in [-0.25, -0.2) is 9.97 Å². The second kappa shape index (κ2) is 12.7. The number of hydrogen-bond donors (Lipinski definition) is 1. The number of carbonyl (C=O) groups excluding carboxylic acids is 1. The van der Waals surface area contributed by atoms with Crippen LogP contribution in [0.5, 0.6) is 0 Å². The molecule has 1 amide bonds. The molecule has 1 atom stereocenters. The Morgan fingerprint density at radius 1 is 0.897 bits per heavy atom. The number of piperazine rings is 1. The Morgan fingerprint density at radius 2 is 1.64 bits per heavy atom. The smallest absolute Gasteiger partial charge is 0.251 e. The van der Waals surface area contributed by atoms with Crippen LogP contribution in [0.25, 0.3) is 0 Å². The molecule has 0 saturated carbocycles. The van der Waals surface area contributed by atoms with Gasteiger partial charge in [0.15, 0.2) is 5.16 Å². The minimum atomic E-state index is -0.101. The number of hydrogen-bond acceptors (Lipinski definition) is 6. The lowest BCUT2D eigenvalue weighted by Gasteiger charge is -2.36. The molecule has 1 fully saturated rings. The van der Waals surface area contributed by atoms with E-state index in [1.807, 2.05) is 85.8 Å². The zero-order chi connectivity index (χ0) is 27.2. The topological polar surface area (TPSA) is 61.4 Å². The summed E-state index contributed by atoms with van der Waals surface area (Å²) in [7, 11) is 0. The molecule has 3 aromatic carbocycles. The van der Waals surface area contributed by atoms with Gasteiger partial charge in [0.25, 0.3) is 5.91 Å². The highest BCUT2D eigenvalue weighted by Crippen LogP contribution is 2.27. The predicted octanol–water partition coefficient (Wildman–Crippen LogP) is 6.89. The van der Waals surface area contributed by atoms with E-state index in [4.69, 9.17) is 28.2 Å². The number of halogens is 2. The van der Waals surface area contributed by atoms with Gasteiger partial charge in [-0.05, 0) is 48.4 Å². The molecule has 2 heterocycles. The van der Waals surface area contributed by atoms with Crippen LogP contribution in [-0.2, 0) is 5.75 Å². The van der Waals surface area contributed by atoms with Crippen molar-refractivity contribution < 1.29 is 4.79 Å². The van der Waals surface area contributed by atoms with Gasteiger partial charge < -0.3 is 15.1 Å². The van der Waals surface area contributed by atoms with E-state index in [-0.39, 0.29) is 11.9 Å². The molecule has 6 nitrogen and oxygen atoms in total. The van der Waals surface area contributed by atoms with E-state index in [0.29, 0.717) is 21.6 Å². The minimum absolute atomic E-state index is 0.0811. The van der Waals surface area contributed by atoms with Gasteiger partial charge in [-0.2, -0.15) is 0 Å². The monoisotopic (exact) mass is 577 g/mol. The van der Waals surface area contributed by atoms with E-state index >= 15 is 0 Å². The van der Waals surface area contributed by atoms with Crippen molar-refractivity contribution in [3.63, 3.8) is 0 Å². The number of carbonyl (C=O) groups is 1. The first-order valence-electron chi connectivity index (χ1n) is 12.8. The highest BCUT2D eigenvalue weighted by molar-refractivity contribution is 7.98. The highest BCUT2D eigenvalue weighted by atomic mass is 35.5. The van der Waals surface area contributed by atoms with E-state index in [1.54, 1.807) is 0 Å². The lowest BCUT2D eigenvalue weighted by atomic mass is 10.1. The van der Waals surface area contributed by atoms with Crippen LogP contribution in [0.4, 0.5) is 11.5 Å². The molecular formula is C30H29Cl2N5OS. The fourth-order valence-corrected chi connectivity index (χ4v) is 5.74. The summed E-state index contributed by atoms with van der Waals surface area (Å²) >= 11 is 14.1. The van der Waals surface area contributed by atoms with Crippen LogP contribution in [0.15, 0.2) is 90.1 Å². The maximum atomic E-state index is 12.9. The third kappa shape index (κ3) is 7.24. The Kier molecular flexibility index (Phi) is 8.91. The number of nitrogens with zero attached hydrogens (tertiary/aromatic N) is 4. The summed E-state index contributed by atoms with van der Waals surface area (Å²) in [6.07, 6.45) is 0. The molecule has 1 aliphatic rings. The lowest BCUT2D eigenvalue weighted by Crippen LogP contribution is -2.46. The molecule has 5 rings (SSSR count). The molecule has 9 heteroatoms. The normalized spacial score (nSPS) is 14.2. The van der Waals surface area contributed by atoms with Gasteiger partial charge >= 0.3 is 0 Å². The van der Waals surface area contributed by atoms with E-state index in [9.17, 15) is 4.79 Å². The standard InChI is InChI=1S/C30H29Cl2N5OS/c1-21(23-8-3-2-4-9-23)33-29(38)24-10-5-7-22(17-24)20-39-30-34-27(32)19-28(35-30)37-15-13-36(14-16-37)26-12-6-11-25(31)18-26/h2-12,17-19,21H,13-16,20H2,1H3,(H,33,38). The zero-order valence-corrected chi connectivity index (χ0v) is 23.9. The van der Waals surface area contributed by atoms with Crippen LogP contribution < -0.4 is 15.1 Å². The fourth-order valence-electron chi connectivity index (χ4n) is 4.53. The van der Waals surface area contributed by atoms with E-state index in [0.717, 1.165) is 53.8 Å². The summed E-state index contributed by atoms with van der Waals surface area (Å²) in [6, 6.07) is 27.3. The Hall–Kier alpha value is -3.26. The van der Waals surface area contributed by atoms with Gasteiger partial charge in [-0.15, -0.1) is 0 Å². The second-order valence-electron chi connectivity index (χ2n) is 9.38. The van der Waals surface area contributed by atoms with Crippen molar-refractivity contribution in [3.05, 3.63) is 112 Å². The third-order valence-corrected chi connectivity index (χ3v) is 7.99. The number of anilines is 2. The van der Waals surface area contributed by atoms with Crippen molar-refractivity contribution in [2.24, 2.45) is 0 Å². The van der Waals surface area contributed by atoms with Crippen LogP contribution in [0.1, 0.15) is 34.5 Å². The summed E-state index contributed by atoms with van der Waals surface area (Å²) in [4.78, 5) is 26.7. The Bertz CT molecular complexity index is 1430. The SMILES string of the molecule is CC(NC(=O)c1cccc(CSc2nc(Cl)cc(N3CCN(c4cccc(Cl)c4)CC3)n2)c1)c1ccccc1. The molecule has 0 radical (unpaired) electrons. The third-order valence-electron chi connectivity index (χ3n) is 6.64. The molecule has 0 aliphatic carbocycles. The van der Waals surface area contributed by atoms with Gasteiger partial charge in [0.05, 0.1) is 6.04 Å². The van der Waals surface area contributed by atoms with Crippen LogP contribution in [0.3, 0.4) is 0 Å². The number of amides is 1. The summed E-state index contributed by atoms with van der Waals surface area (Å²) in [5.41, 5.74) is 3.84. The molecule has 1 saturated heterocycles. The van der Waals surface area contributed by atoms with E-state index < -0.39 is 0 Å². The maximum absolute atomic E-state index is 12.9. The summed E-state index contributed by atoms with van der Waals surface area (Å²) in [5, 5.41) is 4.85. The molecule has 0 spiro atoms. The molecule has 4 aromatic rings. The summed E-state index contributed by atoms with van der Waals surface area (Å²) in [5.74, 6) is 1.35. The van der Waals surface area contributed by atoms with Crippen molar-refractivity contribution >= 4 is 52.4 Å². The van der Waals surface area contributed by atoms with Crippen LogP contribution in [-0.4, -0.2) is 42.1 Å². The molecule has 200 valence electrons. The molecule has 0 bridgehead atoms. The van der Waals surface area contributed by atoms with E-state index in [1.165, 1.54) is 11.8 Å². The summed E-state index contributed by atoms with van der Waals surface area (Å²) < 4.78 is 0. The molecule has 1 aromatic heterocycles. The van der Waals surface area contributed by atoms with Crippen molar-refractivity contribution in [1.29, 1.82) is 0 Å². The van der Waals surface area contributed by atoms with Crippen LogP contribution in [0.2, 0.25) is 10.2 Å². The van der Waals surface area contributed by atoms with Crippen molar-refractivity contribution in [1.82, 2.24) is 15.3 Å². The van der Waals surface area contributed by atoms with E-state index in [2.05, 4.69) is 26.2 Å². The first-order valence-corrected chi connectivity index (χ1v) is 14.6. The van der Waals surface area contributed by atoms with Crippen LogP contribution in [0, 0.1) is 0 Å². The average Bonchev–Trinajstić information content (AvgIpc) is 2.96. The first kappa shape index (κ1) is 27.3. The van der Waals surface area contributed by atoms with Gasteiger partial charge in [0, 0.05) is 54.3 Å². The van der Waals surface area contributed by atoms with Crippen molar-refractivity contribution in [3.8, 4) is 0 Å².